The third-order valence-electron chi connectivity index (χ3n) is 5.49. The first kappa shape index (κ1) is 24.9. The molecule has 34 heavy (non-hydrogen) atoms. The highest BCUT2D eigenvalue weighted by atomic mass is 79.9. The Bertz CT molecular complexity index is 1360. The van der Waals surface area contributed by atoms with Crippen molar-refractivity contribution in [3.63, 3.8) is 0 Å². The molecule has 1 aliphatic rings. The summed E-state index contributed by atoms with van der Waals surface area (Å²) in [7, 11) is -4.30. The summed E-state index contributed by atoms with van der Waals surface area (Å²) in [4.78, 5) is 27.1. The summed E-state index contributed by atoms with van der Waals surface area (Å²) in [6.07, 6.45) is -0.293. The molecule has 0 aliphatic carbocycles. The van der Waals surface area contributed by atoms with Crippen LogP contribution in [-0.4, -0.2) is 30.6 Å². The molecule has 1 unspecified atom stereocenters. The molecule has 3 aromatic carbocycles. The molecular weight excluding hydrogens is 563 g/mol. The van der Waals surface area contributed by atoms with Crippen LogP contribution in [0.25, 0.3) is 0 Å². The van der Waals surface area contributed by atoms with Gasteiger partial charge in [-0.05, 0) is 55.0 Å². The van der Waals surface area contributed by atoms with Crippen molar-refractivity contribution in [3.8, 4) is 0 Å². The van der Waals surface area contributed by atoms with Crippen molar-refractivity contribution >= 4 is 66.7 Å². The lowest BCUT2D eigenvalue weighted by Crippen LogP contribution is -2.45. The number of nitrogens with zero attached hydrogens (tertiary/aromatic N) is 2. The Kier molecular flexibility index (Phi) is 7.17. The lowest BCUT2D eigenvalue weighted by molar-refractivity contribution is -0.122. The largest absolute Gasteiger partial charge is 0.274 e. The summed E-state index contributed by atoms with van der Waals surface area (Å²) >= 11 is 15.6. The summed E-state index contributed by atoms with van der Waals surface area (Å²) in [6, 6.07) is 16.8. The number of benzene rings is 3. The minimum atomic E-state index is -4.30. The summed E-state index contributed by atoms with van der Waals surface area (Å²) < 4.78 is 29.4. The van der Waals surface area contributed by atoms with Crippen molar-refractivity contribution in [1.29, 1.82) is 0 Å². The second kappa shape index (κ2) is 9.79. The molecule has 3 aromatic rings. The van der Waals surface area contributed by atoms with E-state index in [4.69, 9.17) is 23.2 Å². The van der Waals surface area contributed by atoms with E-state index in [1.54, 1.807) is 36.4 Å². The normalized spacial score (nSPS) is 16.5. The van der Waals surface area contributed by atoms with E-state index >= 15 is 0 Å². The van der Waals surface area contributed by atoms with Gasteiger partial charge in [0.25, 0.3) is 5.91 Å². The van der Waals surface area contributed by atoms with Crippen LogP contribution in [0.15, 0.2) is 76.1 Å². The fraction of sp³-hybridized carbons (Fsp3) is 0.167. The van der Waals surface area contributed by atoms with Gasteiger partial charge in [0.05, 0.1) is 17.1 Å². The highest BCUT2D eigenvalue weighted by molar-refractivity contribution is 9.10. The number of aryl methyl sites for hydroxylation is 1. The third-order valence-corrected chi connectivity index (χ3v) is 8.59. The minimum absolute atomic E-state index is 0.0279. The molecule has 6 nitrogen and oxygen atoms in total. The van der Waals surface area contributed by atoms with Gasteiger partial charge in [-0.1, -0.05) is 69.0 Å². The fourth-order valence-corrected chi connectivity index (χ4v) is 6.31. The fourth-order valence-electron chi connectivity index (χ4n) is 3.74. The van der Waals surface area contributed by atoms with E-state index in [1.165, 1.54) is 18.2 Å². The standard InChI is InChI=1S/C24H19BrCl2N2O4S/c1-15-2-4-16(5-3-15)14-28(34(32,33)22-12-18(26)8-11-20(22)27)21-13-23(30)29(24(21)31)19-9-6-17(25)7-10-19/h2-12,21H,13-14H2,1H3. The highest BCUT2D eigenvalue weighted by Gasteiger charge is 2.47. The van der Waals surface area contributed by atoms with Gasteiger partial charge in [0.1, 0.15) is 10.9 Å². The number of imide groups is 1. The summed E-state index contributed by atoms with van der Waals surface area (Å²) in [6.45, 7) is 1.79. The van der Waals surface area contributed by atoms with Gasteiger partial charge < -0.3 is 0 Å². The lowest BCUT2D eigenvalue weighted by Gasteiger charge is -2.27. The van der Waals surface area contributed by atoms with Crippen LogP contribution in [0.5, 0.6) is 0 Å². The first-order valence-corrected chi connectivity index (χ1v) is 13.2. The molecule has 0 spiro atoms. The van der Waals surface area contributed by atoms with Crippen molar-refractivity contribution < 1.29 is 18.0 Å². The number of carbonyl (C=O) groups excluding carboxylic acids is 2. The van der Waals surface area contributed by atoms with E-state index in [2.05, 4.69) is 15.9 Å². The maximum Gasteiger partial charge on any atom is 0.252 e. The molecule has 0 aromatic heterocycles. The molecule has 0 saturated carbocycles. The second-order valence-corrected chi connectivity index (χ2v) is 11.5. The quantitative estimate of drug-likeness (QED) is 0.356. The number of hydrogen-bond acceptors (Lipinski definition) is 4. The molecule has 0 bridgehead atoms. The molecule has 2 amide bonds. The maximum atomic E-state index is 13.8. The van der Waals surface area contributed by atoms with Crippen LogP contribution in [0.2, 0.25) is 10.0 Å². The maximum absolute atomic E-state index is 13.8. The predicted molar refractivity (Wildman–Crippen MR) is 135 cm³/mol. The summed E-state index contributed by atoms with van der Waals surface area (Å²) in [5.74, 6) is -1.11. The van der Waals surface area contributed by atoms with Gasteiger partial charge in [0.15, 0.2) is 0 Å². The smallest absolute Gasteiger partial charge is 0.252 e. The summed E-state index contributed by atoms with van der Waals surface area (Å²) in [5, 5.41) is 0.156. The third kappa shape index (κ3) is 4.92. The van der Waals surface area contributed by atoms with Gasteiger partial charge in [-0.2, -0.15) is 4.31 Å². The molecular formula is C24H19BrCl2N2O4S. The van der Waals surface area contributed by atoms with E-state index in [0.717, 1.165) is 19.2 Å². The van der Waals surface area contributed by atoms with Crippen LogP contribution in [0.4, 0.5) is 5.69 Å². The van der Waals surface area contributed by atoms with Crippen LogP contribution in [0.3, 0.4) is 0 Å². The number of carbonyl (C=O) groups is 2. The SMILES string of the molecule is Cc1ccc(CN(C2CC(=O)N(c3ccc(Br)cc3)C2=O)S(=O)(=O)c2cc(Cl)ccc2Cl)cc1. The molecule has 1 atom stereocenters. The molecule has 1 fully saturated rings. The van der Waals surface area contributed by atoms with Crippen molar-refractivity contribution in [1.82, 2.24) is 4.31 Å². The van der Waals surface area contributed by atoms with E-state index in [9.17, 15) is 18.0 Å². The number of rotatable bonds is 6. The van der Waals surface area contributed by atoms with Crippen molar-refractivity contribution in [2.45, 2.75) is 30.8 Å². The van der Waals surface area contributed by atoms with Crippen LogP contribution in [-0.2, 0) is 26.2 Å². The van der Waals surface area contributed by atoms with Gasteiger partial charge in [0, 0.05) is 16.0 Å². The summed E-state index contributed by atoms with van der Waals surface area (Å²) in [5.41, 5.74) is 2.04. The average Bonchev–Trinajstić information content (AvgIpc) is 3.09. The molecule has 0 N–H and O–H groups in total. The van der Waals surface area contributed by atoms with Crippen molar-refractivity contribution in [2.24, 2.45) is 0 Å². The van der Waals surface area contributed by atoms with Crippen molar-refractivity contribution in [2.75, 3.05) is 4.90 Å². The highest BCUT2D eigenvalue weighted by Crippen LogP contribution is 2.34. The molecule has 176 valence electrons. The first-order chi connectivity index (χ1) is 16.1. The Morgan fingerprint density at radius 3 is 2.29 bits per heavy atom. The molecule has 0 radical (unpaired) electrons. The van der Waals surface area contributed by atoms with Gasteiger partial charge in [-0.3, -0.25) is 9.59 Å². The lowest BCUT2D eigenvalue weighted by atomic mass is 10.1. The predicted octanol–water partition coefficient (Wildman–Crippen LogP) is 5.59. The Balaban J connectivity index is 1.78. The second-order valence-electron chi connectivity index (χ2n) is 7.87. The molecule has 1 heterocycles. The zero-order chi connectivity index (χ0) is 24.6. The van der Waals surface area contributed by atoms with E-state index in [-0.39, 0.29) is 27.9 Å². The van der Waals surface area contributed by atoms with E-state index in [0.29, 0.717) is 11.3 Å². The monoisotopic (exact) mass is 580 g/mol. The number of hydrogen-bond donors (Lipinski definition) is 0. The Hall–Kier alpha value is -2.23. The molecule has 1 aliphatic heterocycles. The Morgan fingerprint density at radius 2 is 1.65 bits per heavy atom. The number of halogens is 3. The van der Waals surface area contributed by atoms with Crippen LogP contribution in [0, 0.1) is 6.92 Å². The minimum Gasteiger partial charge on any atom is -0.274 e. The van der Waals surface area contributed by atoms with Crippen molar-refractivity contribution in [3.05, 3.63) is 92.4 Å². The van der Waals surface area contributed by atoms with E-state index in [1.807, 2.05) is 19.1 Å². The topological polar surface area (TPSA) is 74.8 Å². The van der Waals surface area contributed by atoms with Crippen LogP contribution in [0.1, 0.15) is 17.5 Å². The number of sulfonamides is 1. The number of anilines is 1. The van der Waals surface area contributed by atoms with Gasteiger partial charge in [-0.25, -0.2) is 13.3 Å². The zero-order valence-electron chi connectivity index (χ0n) is 17.9. The molecule has 1 saturated heterocycles. The van der Waals surface area contributed by atoms with Gasteiger partial charge in [0.2, 0.25) is 15.9 Å². The Morgan fingerprint density at radius 1 is 1.00 bits per heavy atom. The van der Waals surface area contributed by atoms with Crippen LogP contribution >= 0.6 is 39.1 Å². The van der Waals surface area contributed by atoms with Gasteiger partial charge in [-0.15, -0.1) is 0 Å². The van der Waals surface area contributed by atoms with Gasteiger partial charge >= 0.3 is 0 Å². The molecule has 4 rings (SSSR count). The zero-order valence-corrected chi connectivity index (χ0v) is 21.8. The molecule has 10 heteroatoms. The number of amides is 2. The first-order valence-electron chi connectivity index (χ1n) is 10.2. The van der Waals surface area contributed by atoms with Crippen LogP contribution < -0.4 is 4.90 Å². The Labute approximate surface area is 216 Å². The average molecular weight is 582 g/mol. The van der Waals surface area contributed by atoms with E-state index < -0.39 is 27.9 Å².